The fourth-order valence-electron chi connectivity index (χ4n) is 2.29. The van der Waals surface area contributed by atoms with Crippen molar-refractivity contribution in [1.29, 1.82) is 0 Å². The van der Waals surface area contributed by atoms with E-state index in [2.05, 4.69) is 41.8 Å². The number of nitrogens with one attached hydrogen (secondary N) is 2. The molecular weight excluding hydrogens is 224 g/mol. The molecule has 0 aromatic heterocycles. The molecule has 0 saturated carbocycles. The van der Waals surface area contributed by atoms with Crippen LogP contribution in [-0.2, 0) is 11.2 Å². The van der Waals surface area contributed by atoms with Crippen LogP contribution in [0.4, 0.5) is 0 Å². The first kappa shape index (κ1) is 13.1. The minimum atomic E-state index is 0.171. The average Bonchev–Trinajstić information content (AvgIpc) is 2.39. The molecule has 0 unspecified atom stereocenters. The second-order valence-corrected chi connectivity index (χ2v) is 5.10. The third kappa shape index (κ3) is 4.15. The van der Waals surface area contributed by atoms with Crippen LogP contribution in [0.15, 0.2) is 24.3 Å². The van der Waals surface area contributed by atoms with Gasteiger partial charge in [0.15, 0.2) is 0 Å². The molecule has 3 nitrogen and oxygen atoms in total. The van der Waals surface area contributed by atoms with E-state index in [0.717, 1.165) is 32.4 Å². The van der Waals surface area contributed by atoms with Crippen molar-refractivity contribution in [3.63, 3.8) is 0 Å². The summed E-state index contributed by atoms with van der Waals surface area (Å²) in [7, 11) is 0. The fraction of sp³-hybridized carbons (Fsp3) is 0.533. The maximum absolute atomic E-state index is 11.8. The number of hydrogen-bond donors (Lipinski definition) is 2. The number of aryl methyl sites for hydroxylation is 2. The molecule has 1 heterocycles. The lowest BCUT2D eigenvalue weighted by molar-refractivity contribution is -0.121. The van der Waals surface area contributed by atoms with Crippen LogP contribution in [0, 0.1) is 6.92 Å². The Morgan fingerprint density at radius 1 is 1.39 bits per heavy atom. The number of amides is 1. The minimum Gasteiger partial charge on any atom is -0.352 e. The van der Waals surface area contributed by atoms with Crippen molar-refractivity contribution in [2.45, 2.75) is 38.6 Å². The quantitative estimate of drug-likeness (QED) is 0.850. The van der Waals surface area contributed by atoms with E-state index in [1.807, 2.05) is 0 Å². The summed E-state index contributed by atoms with van der Waals surface area (Å²) in [6.07, 6.45) is 3.66. The third-order valence-electron chi connectivity index (χ3n) is 3.42. The SMILES string of the molecule is Cc1ccc(CCC(=O)N[C@@H]2CCCNC2)cc1. The second-order valence-electron chi connectivity index (χ2n) is 5.10. The van der Waals surface area contributed by atoms with Crippen LogP contribution in [0.5, 0.6) is 0 Å². The highest BCUT2D eigenvalue weighted by atomic mass is 16.1. The lowest BCUT2D eigenvalue weighted by atomic mass is 10.1. The zero-order chi connectivity index (χ0) is 12.8. The predicted molar refractivity (Wildman–Crippen MR) is 73.5 cm³/mol. The summed E-state index contributed by atoms with van der Waals surface area (Å²) >= 11 is 0. The molecule has 1 aliphatic rings. The fourth-order valence-corrected chi connectivity index (χ4v) is 2.29. The highest BCUT2D eigenvalue weighted by Crippen LogP contribution is 2.06. The molecule has 1 atom stereocenters. The van der Waals surface area contributed by atoms with E-state index in [4.69, 9.17) is 0 Å². The normalized spacial score (nSPS) is 19.5. The molecule has 1 aromatic carbocycles. The van der Waals surface area contributed by atoms with Crippen LogP contribution in [0.2, 0.25) is 0 Å². The van der Waals surface area contributed by atoms with E-state index in [0.29, 0.717) is 12.5 Å². The molecule has 3 heteroatoms. The van der Waals surface area contributed by atoms with Crippen molar-refractivity contribution in [1.82, 2.24) is 10.6 Å². The van der Waals surface area contributed by atoms with E-state index in [9.17, 15) is 4.79 Å². The van der Waals surface area contributed by atoms with Gasteiger partial charge >= 0.3 is 0 Å². The van der Waals surface area contributed by atoms with E-state index < -0.39 is 0 Å². The topological polar surface area (TPSA) is 41.1 Å². The average molecular weight is 246 g/mol. The van der Waals surface area contributed by atoms with Gasteiger partial charge in [-0.1, -0.05) is 29.8 Å². The number of rotatable bonds is 4. The van der Waals surface area contributed by atoms with Crippen LogP contribution in [0.3, 0.4) is 0 Å². The molecule has 1 saturated heterocycles. The molecule has 1 aromatic rings. The van der Waals surface area contributed by atoms with E-state index >= 15 is 0 Å². The smallest absolute Gasteiger partial charge is 0.220 e. The van der Waals surface area contributed by atoms with Gasteiger partial charge in [-0.25, -0.2) is 0 Å². The van der Waals surface area contributed by atoms with E-state index in [1.165, 1.54) is 11.1 Å². The monoisotopic (exact) mass is 246 g/mol. The second kappa shape index (κ2) is 6.55. The zero-order valence-electron chi connectivity index (χ0n) is 11.0. The maximum Gasteiger partial charge on any atom is 0.220 e. The van der Waals surface area contributed by atoms with Crippen molar-refractivity contribution in [3.05, 3.63) is 35.4 Å². The Balaban J connectivity index is 1.72. The molecule has 1 fully saturated rings. The lowest BCUT2D eigenvalue weighted by Gasteiger charge is -2.23. The van der Waals surface area contributed by atoms with Gasteiger partial charge in [-0.05, 0) is 38.3 Å². The molecule has 18 heavy (non-hydrogen) atoms. The summed E-state index contributed by atoms with van der Waals surface area (Å²) in [5.41, 5.74) is 2.49. The molecule has 1 aliphatic heterocycles. The Labute approximate surface area is 109 Å². The molecule has 2 rings (SSSR count). The largest absolute Gasteiger partial charge is 0.352 e. The van der Waals surface area contributed by atoms with Gasteiger partial charge in [-0.2, -0.15) is 0 Å². The minimum absolute atomic E-state index is 0.171. The van der Waals surface area contributed by atoms with Crippen LogP contribution in [0.1, 0.15) is 30.4 Å². The van der Waals surface area contributed by atoms with E-state index in [1.54, 1.807) is 0 Å². The molecule has 0 aliphatic carbocycles. The van der Waals surface area contributed by atoms with Crippen LogP contribution < -0.4 is 10.6 Å². The zero-order valence-corrected chi connectivity index (χ0v) is 11.0. The van der Waals surface area contributed by atoms with Gasteiger partial charge in [0.05, 0.1) is 0 Å². The van der Waals surface area contributed by atoms with Gasteiger partial charge in [0.2, 0.25) is 5.91 Å². The van der Waals surface area contributed by atoms with Gasteiger partial charge in [0, 0.05) is 19.0 Å². The summed E-state index contributed by atoms with van der Waals surface area (Å²) < 4.78 is 0. The van der Waals surface area contributed by atoms with Crippen molar-refractivity contribution in [2.24, 2.45) is 0 Å². The first-order chi connectivity index (χ1) is 8.74. The molecular formula is C15H22N2O. The molecule has 98 valence electrons. The summed E-state index contributed by atoms with van der Waals surface area (Å²) in [6, 6.07) is 8.72. The van der Waals surface area contributed by atoms with Gasteiger partial charge in [0.25, 0.3) is 0 Å². The molecule has 2 N–H and O–H groups in total. The molecule has 1 amide bonds. The summed E-state index contributed by atoms with van der Waals surface area (Å²) in [5.74, 6) is 0.171. The van der Waals surface area contributed by atoms with Gasteiger partial charge in [0.1, 0.15) is 0 Å². The van der Waals surface area contributed by atoms with Gasteiger partial charge < -0.3 is 10.6 Å². The number of piperidine rings is 1. The van der Waals surface area contributed by atoms with Crippen molar-refractivity contribution in [2.75, 3.05) is 13.1 Å². The van der Waals surface area contributed by atoms with Crippen LogP contribution in [-0.4, -0.2) is 25.0 Å². The summed E-state index contributed by atoms with van der Waals surface area (Å²) in [4.78, 5) is 11.8. The molecule has 0 spiro atoms. The Morgan fingerprint density at radius 3 is 2.83 bits per heavy atom. The number of carbonyl (C=O) groups excluding carboxylic acids is 1. The van der Waals surface area contributed by atoms with Gasteiger partial charge in [-0.3, -0.25) is 4.79 Å². The number of hydrogen-bond acceptors (Lipinski definition) is 2. The van der Waals surface area contributed by atoms with Crippen LogP contribution in [0.25, 0.3) is 0 Å². The Bertz CT molecular complexity index is 380. The highest BCUT2D eigenvalue weighted by molar-refractivity contribution is 5.76. The molecule has 0 radical (unpaired) electrons. The number of carbonyl (C=O) groups is 1. The third-order valence-corrected chi connectivity index (χ3v) is 3.42. The first-order valence-electron chi connectivity index (χ1n) is 6.79. The Morgan fingerprint density at radius 2 is 2.17 bits per heavy atom. The molecule has 0 bridgehead atoms. The van der Waals surface area contributed by atoms with Gasteiger partial charge in [-0.15, -0.1) is 0 Å². The van der Waals surface area contributed by atoms with Crippen molar-refractivity contribution < 1.29 is 4.79 Å². The highest BCUT2D eigenvalue weighted by Gasteiger charge is 2.14. The summed E-state index contributed by atoms with van der Waals surface area (Å²) in [6.45, 7) is 4.07. The first-order valence-corrected chi connectivity index (χ1v) is 6.79. The van der Waals surface area contributed by atoms with E-state index in [-0.39, 0.29) is 5.91 Å². The van der Waals surface area contributed by atoms with Crippen LogP contribution >= 0.6 is 0 Å². The predicted octanol–water partition coefficient (Wildman–Crippen LogP) is 1.80. The maximum atomic E-state index is 11.8. The standard InChI is InChI=1S/C15H22N2O/c1-12-4-6-13(7-5-12)8-9-15(18)17-14-3-2-10-16-11-14/h4-7,14,16H,2-3,8-11H2,1H3,(H,17,18)/t14-/m1/s1. The summed E-state index contributed by atoms with van der Waals surface area (Å²) in [5, 5.41) is 6.40. The Hall–Kier alpha value is -1.35. The van der Waals surface area contributed by atoms with Crippen molar-refractivity contribution in [3.8, 4) is 0 Å². The lowest BCUT2D eigenvalue weighted by Crippen LogP contribution is -2.45. The van der Waals surface area contributed by atoms with Crippen molar-refractivity contribution >= 4 is 5.91 Å². The Kier molecular flexibility index (Phi) is 4.76. The number of benzene rings is 1.